The van der Waals surface area contributed by atoms with E-state index in [2.05, 4.69) is 5.16 Å². The molecule has 5 heteroatoms. The van der Waals surface area contributed by atoms with Crippen LogP contribution in [0, 0.1) is 5.82 Å². The Morgan fingerprint density at radius 1 is 1.35 bits per heavy atom. The fraction of sp³-hybridized carbons (Fsp3) is 0.250. The van der Waals surface area contributed by atoms with Gasteiger partial charge in [-0.2, -0.15) is 0 Å². The lowest BCUT2D eigenvalue weighted by Crippen LogP contribution is -1.86. The second-order valence-corrected chi connectivity index (χ2v) is 4.07. The third-order valence-corrected chi connectivity index (χ3v) is 2.58. The zero-order chi connectivity index (χ0) is 12.3. The molecule has 0 amide bonds. The Bertz CT molecular complexity index is 513. The summed E-state index contributed by atoms with van der Waals surface area (Å²) in [7, 11) is 0. The molecule has 1 heterocycles. The molecule has 2 aromatic rings. The van der Waals surface area contributed by atoms with Gasteiger partial charge in [-0.05, 0) is 24.6 Å². The molecule has 90 valence electrons. The standard InChI is InChI=1S/C12H11ClFNO2/c13-8-3-4-11(14)10(6-8)12-7-9(17-15-12)2-1-5-16/h3-4,6-7,16H,1-2,5H2. The maximum absolute atomic E-state index is 13.5. The molecule has 17 heavy (non-hydrogen) atoms. The normalized spacial score (nSPS) is 10.8. The van der Waals surface area contributed by atoms with Crippen LogP contribution in [0.4, 0.5) is 4.39 Å². The zero-order valence-electron chi connectivity index (χ0n) is 8.99. The molecule has 1 N–H and O–H groups in total. The molecule has 0 fully saturated rings. The summed E-state index contributed by atoms with van der Waals surface area (Å²) in [6, 6.07) is 5.93. The maximum Gasteiger partial charge on any atom is 0.137 e. The van der Waals surface area contributed by atoms with Gasteiger partial charge in [0.25, 0.3) is 0 Å². The Hall–Kier alpha value is -1.39. The van der Waals surface area contributed by atoms with E-state index in [4.69, 9.17) is 21.2 Å². The molecule has 0 atom stereocenters. The number of hydrogen-bond acceptors (Lipinski definition) is 3. The van der Waals surface area contributed by atoms with Gasteiger partial charge in [0, 0.05) is 29.7 Å². The van der Waals surface area contributed by atoms with Crippen molar-refractivity contribution in [3.05, 3.63) is 40.9 Å². The molecule has 0 aliphatic heterocycles. The van der Waals surface area contributed by atoms with Crippen LogP contribution >= 0.6 is 11.6 Å². The van der Waals surface area contributed by atoms with E-state index < -0.39 is 5.82 Å². The number of aliphatic hydroxyl groups excluding tert-OH is 1. The SMILES string of the molecule is OCCCc1cc(-c2cc(Cl)ccc2F)no1. The smallest absolute Gasteiger partial charge is 0.137 e. The van der Waals surface area contributed by atoms with E-state index in [1.807, 2.05) is 0 Å². The van der Waals surface area contributed by atoms with Crippen molar-refractivity contribution in [2.45, 2.75) is 12.8 Å². The largest absolute Gasteiger partial charge is 0.396 e. The van der Waals surface area contributed by atoms with Crippen LogP contribution in [0.5, 0.6) is 0 Å². The molecule has 0 bridgehead atoms. The summed E-state index contributed by atoms with van der Waals surface area (Å²) >= 11 is 5.80. The van der Waals surface area contributed by atoms with Crippen LogP contribution in [-0.4, -0.2) is 16.9 Å². The second-order valence-electron chi connectivity index (χ2n) is 3.63. The minimum Gasteiger partial charge on any atom is -0.396 e. The van der Waals surface area contributed by atoms with Gasteiger partial charge in [0.2, 0.25) is 0 Å². The van der Waals surface area contributed by atoms with Crippen LogP contribution in [0.3, 0.4) is 0 Å². The molecule has 1 aromatic heterocycles. The van der Waals surface area contributed by atoms with Crippen molar-refractivity contribution in [1.29, 1.82) is 0 Å². The van der Waals surface area contributed by atoms with E-state index >= 15 is 0 Å². The molecule has 0 aliphatic carbocycles. The number of benzene rings is 1. The minimum absolute atomic E-state index is 0.0849. The Balaban J connectivity index is 2.27. The van der Waals surface area contributed by atoms with Crippen molar-refractivity contribution in [3.8, 4) is 11.3 Å². The first-order chi connectivity index (χ1) is 8.20. The molecule has 0 saturated carbocycles. The van der Waals surface area contributed by atoms with Crippen molar-refractivity contribution in [2.24, 2.45) is 0 Å². The van der Waals surface area contributed by atoms with Gasteiger partial charge in [-0.15, -0.1) is 0 Å². The van der Waals surface area contributed by atoms with Gasteiger partial charge in [-0.3, -0.25) is 0 Å². The first-order valence-electron chi connectivity index (χ1n) is 5.22. The topological polar surface area (TPSA) is 46.3 Å². The number of rotatable bonds is 4. The fourth-order valence-electron chi connectivity index (χ4n) is 1.50. The van der Waals surface area contributed by atoms with E-state index in [0.717, 1.165) is 0 Å². The Kier molecular flexibility index (Phi) is 3.76. The van der Waals surface area contributed by atoms with E-state index in [9.17, 15) is 4.39 Å². The van der Waals surface area contributed by atoms with E-state index in [1.165, 1.54) is 18.2 Å². The predicted octanol–water partition coefficient (Wildman–Crippen LogP) is 3.06. The molecule has 0 aliphatic rings. The summed E-state index contributed by atoms with van der Waals surface area (Å²) in [6.45, 7) is 0.0849. The average molecular weight is 256 g/mol. The van der Waals surface area contributed by atoms with Crippen molar-refractivity contribution in [2.75, 3.05) is 6.61 Å². The molecule has 2 rings (SSSR count). The zero-order valence-corrected chi connectivity index (χ0v) is 9.75. The van der Waals surface area contributed by atoms with Gasteiger partial charge in [0.15, 0.2) is 0 Å². The molecule has 0 radical (unpaired) electrons. The summed E-state index contributed by atoms with van der Waals surface area (Å²) < 4.78 is 18.6. The Labute approximate surface area is 103 Å². The molecule has 3 nitrogen and oxygen atoms in total. The maximum atomic E-state index is 13.5. The summed E-state index contributed by atoms with van der Waals surface area (Å²) in [5, 5.41) is 12.9. The Morgan fingerprint density at radius 2 is 2.18 bits per heavy atom. The monoisotopic (exact) mass is 255 g/mol. The highest BCUT2D eigenvalue weighted by atomic mass is 35.5. The number of nitrogens with zero attached hydrogens (tertiary/aromatic N) is 1. The van der Waals surface area contributed by atoms with Crippen LogP contribution in [0.15, 0.2) is 28.8 Å². The molecule has 0 unspecified atom stereocenters. The quantitative estimate of drug-likeness (QED) is 0.913. The minimum atomic E-state index is -0.392. The average Bonchev–Trinajstić information content (AvgIpc) is 2.78. The number of aliphatic hydroxyl groups is 1. The summed E-state index contributed by atoms with van der Waals surface area (Å²) in [4.78, 5) is 0. The number of halogens is 2. The van der Waals surface area contributed by atoms with Crippen LogP contribution in [0.25, 0.3) is 11.3 Å². The van der Waals surface area contributed by atoms with Gasteiger partial charge >= 0.3 is 0 Å². The number of aryl methyl sites for hydroxylation is 1. The summed E-state index contributed by atoms with van der Waals surface area (Å²) in [6.07, 6.45) is 1.17. The fourth-order valence-corrected chi connectivity index (χ4v) is 1.68. The summed E-state index contributed by atoms with van der Waals surface area (Å²) in [5.41, 5.74) is 0.731. The van der Waals surface area contributed by atoms with Crippen LogP contribution in [0.1, 0.15) is 12.2 Å². The van der Waals surface area contributed by atoms with Crippen LogP contribution in [0.2, 0.25) is 5.02 Å². The van der Waals surface area contributed by atoms with Crippen molar-refractivity contribution < 1.29 is 14.0 Å². The molecule has 0 spiro atoms. The number of hydrogen-bond donors (Lipinski definition) is 1. The third-order valence-electron chi connectivity index (χ3n) is 2.34. The number of aromatic nitrogens is 1. The van der Waals surface area contributed by atoms with E-state index in [-0.39, 0.29) is 6.61 Å². The molecular formula is C12H11ClFNO2. The van der Waals surface area contributed by atoms with Crippen LogP contribution < -0.4 is 0 Å². The molecule has 0 saturated heterocycles. The first-order valence-corrected chi connectivity index (χ1v) is 5.60. The van der Waals surface area contributed by atoms with Crippen molar-refractivity contribution in [3.63, 3.8) is 0 Å². The third kappa shape index (κ3) is 2.84. The van der Waals surface area contributed by atoms with Gasteiger partial charge < -0.3 is 9.63 Å². The highest BCUT2D eigenvalue weighted by Crippen LogP contribution is 2.25. The van der Waals surface area contributed by atoms with E-state index in [0.29, 0.717) is 34.9 Å². The molecular weight excluding hydrogens is 245 g/mol. The highest BCUT2D eigenvalue weighted by Gasteiger charge is 2.11. The van der Waals surface area contributed by atoms with Crippen molar-refractivity contribution >= 4 is 11.6 Å². The van der Waals surface area contributed by atoms with E-state index in [1.54, 1.807) is 6.07 Å². The van der Waals surface area contributed by atoms with Gasteiger partial charge in [-0.25, -0.2) is 4.39 Å². The highest BCUT2D eigenvalue weighted by molar-refractivity contribution is 6.30. The summed E-state index contributed by atoms with van der Waals surface area (Å²) in [5.74, 6) is 0.227. The van der Waals surface area contributed by atoms with Gasteiger partial charge in [-0.1, -0.05) is 16.8 Å². The first kappa shape index (κ1) is 12.1. The van der Waals surface area contributed by atoms with Gasteiger partial charge in [0.1, 0.15) is 17.3 Å². The lowest BCUT2D eigenvalue weighted by atomic mass is 10.1. The molecule has 1 aromatic carbocycles. The predicted molar refractivity (Wildman–Crippen MR) is 62.3 cm³/mol. The van der Waals surface area contributed by atoms with Crippen LogP contribution in [-0.2, 0) is 6.42 Å². The van der Waals surface area contributed by atoms with Crippen molar-refractivity contribution in [1.82, 2.24) is 5.16 Å². The lowest BCUT2D eigenvalue weighted by molar-refractivity contribution is 0.280. The Morgan fingerprint density at radius 3 is 2.94 bits per heavy atom. The second kappa shape index (κ2) is 5.29. The lowest BCUT2D eigenvalue weighted by Gasteiger charge is -1.98. The van der Waals surface area contributed by atoms with Gasteiger partial charge in [0.05, 0.1) is 0 Å².